The van der Waals surface area contributed by atoms with Crippen molar-refractivity contribution in [1.29, 1.82) is 0 Å². The Labute approximate surface area is 141 Å². The maximum atomic E-state index is 12.2. The summed E-state index contributed by atoms with van der Waals surface area (Å²) in [4.78, 5) is 23.9. The summed E-state index contributed by atoms with van der Waals surface area (Å²) >= 11 is 0. The summed E-state index contributed by atoms with van der Waals surface area (Å²) in [5.74, 6) is 2.18. The van der Waals surface area contributed by atoms with E-state index in [-0.39, 0.29) is 18.1 Å². The minimum absolute atomic E-state index is 0.0394. The Hall–Kier alpha value is -2.04. The molecule has 4 bridgehead atoms. The van der Waals surface area contributed by atoms with Crippen LogP contribution in [0.25, 0.3) is 6.08 Å². The van der Waals surface area contributed by atoms with Gasteiger partial charge in [0.1, 0.15) is 5.76 Å². The van der Waals surface area contributed by atoms with Crippen molar-refractivity contribution in [3.8, 4) is 0 Å². The van der Waals surface area contributed by atoms with Gasteiger partial charge in [-0.05, 0) is 74.5 Å². The molecule has 1 amide bonds. The summed E-state index contributed by atoms with van der Waals surface area (Å²) in [5, 5.41) is 3.19. The van der Waals surface area contributed by atoms with Gasteiger partial charge in [0.15, 0.2) is 6.61 Å². The van der Waals surface area contributed by atoms with Gasteiger partial charge in [-0.2, -0.15) is 0 Å². The lowest BCUT2D eigenvalue weighted by Crippen LogP contribution is -2.60. The van der Waals surface area contributed by atoms with E-state index >= 15 is 0 Å². The van der Waals surface area contributed by atoms with Gasteiger partial charge in [-0.1, -0.05) is 0 Å². The van der Waals surface area contributed by atoms with Crippen LogP contribution in [0.2, 0.25) is 0 Å². The van der Waals surface area contributed by atoms with Crippen molar-refractivity contribution in [3.63, 3.8) is 0 Å². The van der Waals surface area contributed by atoms with Crippen molar-refractivity contribution in [2.45, 2.75) is 44.1 Å². The molecule has 1 heterocycles. The van der Waals surface area contributed by atoms with Gasteiger partial charge < -0.3 is 14.5 Å². The van der Waals surface area contributed by atoms with E-state index in [1.165, 1.54) is 37.7 Å². The number of carbonyl (C=O) groups is 2. The second kappa shape index (κ2) is 6.11. The number of hydrogen-bond acceptors (Lipinski definition) is 4. The molecule has 0 radical (unpaired) electrons. The number of amides is 1. The van der Waals surface area contributed by atoms with Crippen LogP contribution in [0.15, 0.2) is 28.9 Å². The Morgan fingerprint density at radius 3 is 2.46 bits per heavy atom. The van der Waals surface area contributed by atoms with Gasteiger partial charge in [0, 0.05) is 11.6 Å². The van der Waals surface area contributed by atoms with Crippen LogP contribution in [-0.2, 0) is 14.3 Å². The molecular formula is C19H23NO4. The van der Waals surface area contributed by atoms with Crippen LogP contribution in [0.5, 0.6) is 0 Å². The Balaban J connectivity index is 1.27. The van der Waals surface area contributed by atoms with Crippen LogP contribution in [0.3, 0.4) is 0 Å². The molecule has 4 fully saturated rings. The molecule has 0 aromatic carbocycles. The number of nitrogens with one attached hydrogen (secondary N) is 1. The second-order valence-electron chi connectivity index (χ2n) is 7.70. The standard InChI is InChI=1S/C19H23NO4/c21-17(12-24-18(22)4-3-16-2-1-5-23-16)20-19-9-13-6-14(10-19)8-15(7-13)11-19/h1-5,13-15H,6-12H2,(H,20,21). The minimum Gasteiger partial charge on any atom is -0.465 e. The maximum Gasteiger partial charge on any atom is 0.331 e. The quantitative estimate of drug-likeness (QED) is 0.666. The van der Waals surface area contributed by atoms with E-state index in [4.69, 9.17) is 9.15 Å². The fourth-order valence-electron chi connectivity index (χ4n) is 5.32. The van der Waals surface area contributed by atoms with Crippen molar-refractivity contribution in [2.24, 2.45) is 17.8 Å². The molecule has 4 aliphatic carbocycles. The molecule has 5 nitrogen and oxygen atoms in total. The van der Waals surface area contributed by atoms with E-state index in [2.05, 4.69) is 5.32 Å². The molecule has 1 aromatic heterocycles. The molecule has 4 aliphatic rings. The molecule has 0 spiro atoms. The van der Waals surface area contributed by atoms with E-state index in [0.717, 1.165) is 37.0 Å². The van der Waals surface area contributed by atoms with Crippen molar-refractivity contribution < 1.29 is 18.7 Å². The summed E-state index contributed by atoms with van der Waals surface area (Å²) in [6.45, 7) is -0.219. The molecule has 0 saturated heterocycles. The van der Waals surface area contributed by atoms with Gasteiger partial charge >= 0.3 is 5.97 Å². The second-order valence-corrected chi connectivity index (χ2v) is 7.70. The van der Waals surface area contributed by atoms with Crippen molar-refractivity contribution in [3.05, 3.63) is 30.2 Å². The summed E-state index contributed by atoms with van der Waals surface area (Å²) in [6.07, 6.45) is 11.6. The van der Waals surface area contributed by atoms with Gasteiger partial charge in [0.2, 0.25) is 0 Å². The average molecular weight is 329 g/mol. The zero-order valence-electron chi connectivity index (χ0n) is 13.7. The van der Waals surface area contributed by atoms with Crippen LogP contribution in [-0.4, -0.2) is 24.0 Å². The highest BCUT2D eigenvalue weighted by Crippen LogP contribution is 2.55. The number of carbonyl (C=O) groups excluding carboxylic acids is 2. The number of hydrogen-bond donors (Lipinski definition) is 1. The highest BCUT2D eigenvalue weighted by Gasteiger charge is 2.51. The molecule has 5 rings (SSSR count). The van der Waals surface area contributed by atoms with Crippen LogP contribution < -0.4 is 5.32 Å². The van der Waals surface area contributed by atoms with Crippen LogP contribution in [0, 0.1) is 17.8 Å². The van der Waals surface area contributed by atoms with Gasteiger partial charge in [-0.25, -0.2) is 4.79 Å². The summed E-state index contributed by atoms with van der Waals surface area (Å²) in [5.41, 5.74) is -0.0394. The minimum atomic E-state index is -0.535. The molecule has 1 N–H and O–H groups in total. The first kappa shape index (κ1) is 15.5. The predicted octanol–water partition coefficient (Wildman–Crippen LogP) is 2.92. The van der Waals surface area contributed by atoms with Crippen LogP contribution >= 0.6 is 0 Å². The molecular weight excluding hydrogens is 306 g/mol. The third-order valence-corrected chi connectivity index (χ3v) is 5.72. The van der Waals surface area contributed by atoms with Crippen LogP contribution in [0.4, 0.5) is 0 Å². The van der Waals surface area contributed by atoms with E-state index < -0.39 is 5.97 Å². The highest BCUT2D eigenvalue weighted by molar-refractivity contribution is 5.89. The van der Waals surface area contributed by atoms with E-state index in [0.29, 0.717) is 5.76 Å². The molecule has 5 heteroatoms. The smallest absolute Gasteiger partial charge is 0.331 e. The normalized spacial score (nSPS) is 33.8. The molecule has 0 unspecified atom stereocenters. The summed E-state index contributed by atoms with van der Waals surface area (Å²) < 4.78 is 10.1. The molecule has 128 valence electrons. The third kappa shape index (κ3) is 3.25. The topological polar surface area (TPSA) is 68.5 Å². The van der Waals surface area contributed by atoms with Crippen LogP contribution in [0.1, 0.15) is 44.3 Å². The van der Waals surface area contributed by atoms with E-state index in [9.17, 15) is 9.59 Å². The Morgan fingerprint density at radius 2 is 1.88 bits per heavy atom. The third-order valence-electron chi connectivity index (χ3n) is 5.72. The predicted molar refractivity (Wildman–Crippen MR) is 87.7 cm³/mol. The van der Waals surface area contributed by atoms with Gasteiger partial charge in [0.05, 0.1) is 6.26 Å². The zero-order valence-corrected chi connectivity index (χ0v) is 13.7. The summed E-state index contributed by atoms with van der Waals surface area (Å²) in [7, 11) is 0. The first-order chi connectivity index (χ1) is 11.6. The van der Waals surface area contributed by atoms with Gasteiger partial charge in [0.25, 0.3) is 5.91 Å². The lowest BCUT2D eigenvalue weighted by Gasteiger charge is -2.56. The Morgan fingerprint density at radius 1 is 1.21 bits per heavy atom. The Bertz CT molecular complexity index is 611. The lowest BCUT2D eigenvalue weighted by atomic mass is 9.53. The largest absolute Gasteiger partial charge is 0.465 e. The number of furan rings is 1. The monoisotopic (exact) mass is 329 g/mol. The maximum absolute atomic E-state index is 12.2. The van der Waals surface area contributed by atoms with Gasteiger partial charge in [-0.3, -0.25) is 4.79 Å². The Kier molecular flexibility index (Phi) is 3.94. The van der Waals surface area contributed by atoms with E-state index in [1.54, 1.807) is 12.1 Å². The van der Waals surface area contributed by atoms with Crippen molar-refractivity contribution >= 4 is 18.0 Å². The molecule has 1 aromatic rings. The molecule has 24 heavy (non-hydrogen) atoms. The number of esters is 1. The fourth-order valence-corrected chi connectivity index (χ4v) is 5.32. The molecule has 4 saturated carbocycles. The lowest BCUT2D eigenvalue weighted by molar-refractivity contribution is -0.145. The fraction of sp³-hybridized carbons (Fsp3) is 0.579. The first-order valence-electron chi connectivity index (χ1n) is 8.80. The van der Waals surface area contributed by atoms with Crippen molar-refractivity contribution in [1.82, 2.24) is 5.32 Å². The SMILES string of the molecule is O=C(COC(=O)C=Cc1ccco1)NC12CC3CC(CC(C3)C1)C2. The number of rotatable bonds is 5. The molecule has 0 atom stereocenters. The van der Waals surface area contributed by atoms with E-state index in [1.807, 2.05) is 0 Å². The molecule has 0 aliphatic heterocycles. The zero-order chi connectivity index (χ0) is 16.6. The first-order valence-corrected chi connectivity index (χ1v) is 8.80. The van der Waals surface area contributed by atoms with Crippen molar-refractivity contribution in [2.75, 3.05) is 6.61 Å². The van der Waals surface area contributed by atoms with Gasteiger partial charge in [-0.15, -0.1) is 0 Å². The average Bonchev–Trinajstić information content (AvgIpc) is 3.02. The highest BCUT2D eigenvalue weighted by atomic mass is 16.5. The number of ether oxygens (including phenoxy) is 1. The summed E-state index contributed by atoms with van der Waals surface area (Å²) in [6, 6.07) is 3.48.